The standard InChI is InChI=1S/C24H31N3O3/c1-2-30-24(29)19-13-7-8-14-20(19)25-23(28)22-18-12-6-9-15-21(18)26-27(22)16-17-10-4-3-5-11-17/h3-5,10-11,19-20H,2,6-9,12-16H2,1H3,(H,25,28)/t19-,20-/m0/s1. The minimum Gasteiger partial charge on any atom is -0.466 e. The molecule has 30 heavy (non-hydrogen) atoms. The highest BCUT2D eigenvalue weighted by atomic mass is 16.5. The number of rotatable bonds is 6. The van der Waals surface area contributed by atoms with Crippen LogP contribution < -0.4 is 5.32 Å². The van der Waals surface area contributed by atoms with Gasteiger partial charge in [0.1, 0.15) is 5.69 Å². The Morgan fingerprint density at radius 1 is 1.10 bits per heavy atom. The van der Waals surface area contributed by atoms with Gasteiger partial charge in [-0.15, -0.1) is 0 Å². The first kappa shape index (κ1) is 20.6. The maximum Gasteiger partial charge on any atom is 0.311 e. The molecule has 1 aromatic carbocycles. The lowest BCUT2D eigenvalue weighted by Crippen LogP contribution is -2.46. The van der Waals surface area contributed by atoms with E-state index in [4.69, 9.17) is 9.84 Å². The first-order valence-electron chi connectivity index (χ1n) is 11.3. The van der Waals surface area contributed by atoms with E-state index >= 15 is 0 Å². The van der Waals surface area contributed by atoms with E-state index in [1.807, 2.05) is 29.8 Å². The van der Waals surface area contributed by atoms with Crippen LogP contribution >= 0.6 is 0 Å². The molecule has 0 spiro atoms. The molecule has 2 aliphatic carbocycles. The Morgan fingerprint density at radius 3 is 2.67 bits per heavy atom. The SMILES string of the molecule is CCOC(=O)[C@H]1CCCC[C@@H]1NC(=O)c1c2c(nn1Cc1ccccc1)CCCC2. The third kappa shape index (κ3) is 4.42. The lowest BCUT2D eigenvalue weighted by atomic mass is 9.84. The number of amides is 1. The van der Waals surface area contributed by atoms with Crippen LogP contribution in [-0.4, -0.2) is 34.3 Å². The van der Waals surface area contributed by atoms with Crippen LogP contribution in [0.1, 0.15) is 72.8 Å². The number of aryl methyl sites for hydroxylation is 1. The molecule has 6 heteroatoms. The number of carbonyl (C=O) groups excluding carboxylic acids is 2. The van der Waals surface area contributed by atoms with Crippen LogP contribution in [0, 0.1) is 5.92 Å². The van der Waals surface area contributed by atoms with E-state index in [0.717, 1.165) is 68.2 Å². The van der Waals surface area contributed by atoms with Gasteiger partial charge in [0, 0.05) is 11.6 Å². The average molecular weight is 410 g/mol. The zero-order chi connectivity index (χ0) is 20.9. The fourth-order valence-corrected chi connectivity index (χ4v) is 4.80. The lowest BCUT2D eigenvalue weighted by Gasteiger charge is -2.30. The van der Waals surface area contributed by atoms with Crippen molar-refractivity contribution < 1.29 is 14.3 Å². The lowest BCUT2D eigenvalue weighted by molar-refractivity contribution is -0.150. The van der Waals surface area contributed by atoms with Crippen LogP contribution in [0.25, 0.3) is 0 Å². The predicted octanol–water partition coefficient (Wildman–Crippen LogP) is 3.66. The van der Waals surface area contributed by atoms with Gasteiger partial charge in [-0.2, -0.15) is 5.10 Å². The molecule has 1 aromatic heterocycles. The highest BCUT2D eigenvalue weighted by molar-refractivity contribution is 5.95. The van der Waals surface area contributed by atoms with Gasteiger partial charge >= 0.3 is 5.97 Å². The van der Waals surface area contributed by atoms with Gasteiger partial charge in [-0.05, 0) is 51.0 Å². The number of benzene rings is 1. The topological polar surface area (TPSA) is 73.2 Å². The van der Waals surface area contributed by atoms with Crippen molar-refractivity contribution >= 4 is 11.9 Å². The Kier molecular flexibility index (Phi) is 6.50. The van der Waals surface area contributed by atoms with E-state index in [2.05, 4.69) is 17.4 Å². The normalized spacial score (nSPS) is 21.0. The third-order valence-electron chi connectivity index (χ3n) is 6.29. The Bertz CT molecular complexity index is 891. The maximum absolute atomic E-state index is 13.5. The Hall–Kier alpha value is -2.63. The first-order valence-corrected chi connectivity index (χ1v) is 11.3. The van der Waals surface area contributed by atoms with Crippen molar-refractivity contribution in [2.24, 2.45) is 5.92 Å². The number of aromatic nitrogens is 2. The molecule has 6 nitrogen and oxygen atoms in total. The van der Waals surface area contributed by atoms with E-state index in [1.165, 1.54) is 0 Å². The van der Waals surface area contributed by atoms with E-state index in [-0.39, 0.29) is 23.8 Å². The van der Waals surface area contributed by atoms with Crippen molar-refractivity contribution in [1.29, 1.82) is 0 Å². The van der Waals surface area contributed by atoms with E-state index in [0.29, 0.717) is 18.8 Å². The molecule has 4 rings (SSSR count). The van der Waals surface area contributed by atoms with Crippen LogP contribution in [-0.2, 0) is 28.9 Å². The van der Waals surface area contributed by atoms with Crippen molar-refractivity contribution in [3.05, 3.63) is 52.8 Å². The van der Waals surface area contributed by atoms with E-state index in [1.54, 1.807) is 0 Å². The molecule has 0 bridgehead atoms. The van der Waals surface area contributed by atoms with Crippen LogP contribution in [0.15, 0.2) is 30.3 Å². The average Bonchev–Trinajstić information content (AvgIpc) is 3.13. The van der Waals surface area contributed by atoms with Gasteiger partial charge < -0.3 is 10.1 Å². The Morgan fingerprint density at radius 2 is 1.87 bits per heavy atom. The fourth-order valence-electron chi connectivity index (χ4n) is 4.80. The maximum atomic E-state index is 13.5. The number of nitrogens with zero attached hydrogens (tertiary/aromatic N) is 2. The van der Waals surface area contributed by atoms with Crippen molar-refractivity contribution in [1.82, 2.24) is 15.1 Å². The number of nitrogens with one attached hydrogen (secondary N) is 1. The van der Waals surface area contributed by atoms with Crippen LogP contribution in [0.4, 0.5) is 0 Å². The molecular formula is C24H31N3O3. The number of esters is 1. The van der Waals surface area contributed by atoms with Gasteiger partial charge in [0.25, 0.3) is 5.91 Å². The molecule has 1 amide bonds. The summed E-state index contributed by atoms with van der Waals surface area (Å²) in [6, 6.07) is 9.93. The zero-order valence-electron chi connectivity index (χ0n) is 17.7. The van der Waals surface area contributed by atoms with Gasteiger partial charge in [-0.3, -0.25) is 14.3 Å². The monoisotopic (exact) mass is 409 g/mol. The van der Waals surface area contributed by atoms with Crippen molar-refractivity contribution in [3.63, 3.8) is 0 Å². The Labute approximate surface area is 178 Å². The molecule has 1 saturated carbocycles. The molecular weight excluding hydrogens is 378 g/mol. The minimum absolute atomic E-state index is 0.109. The number of carbonyl (C=O) groups is 2. The first-order chi connectivity index (χ1) is 14.7. The zero-order valence-corrected chi connectivity index (χ0v) is 17.7. The summed E-state index contributed by atoms with van der Waals surface area (Å²) in [5.41, 5.74) is 3.92. The summed E-state index contributed by atoms with van der Waals surface area (Å²) in [7, 11) is 0. The van der Waals surface area contributed by atoms with Gasteiger partial charge in [0.15, 0.2) is 0 Å². The molecule has 2 atom stereocenters. The molecule has 0 aliphatic heterocycles. The van der Waals surface area contributed by atoms with Crippen LogP contribution in [0.5, 0.6) is 0 Å². The molecule has 0 saturated heterocycles. The van der Waals surface area contributed by atoms with Crippen LogP contribution in [0.3, 0.4) is 0 Å². The van der Waals surface area contributed by atoms with Crippen molar-refractivity contribution in [2.45, 2.75) is 70.9 Å². The highest BCUT2D eigenvalue weighted by Crippen LogP contribution is 2.28. The summed E-state index contributed by atoms with van der Waals surface area (Å²) >= 11 is 0. The van der Waals surface area contributed by atoms with Gasteiger partial charge in [-0.1, -0.05) is 43.2 Å². The number of hydrogen-bond donors (Lipinski definition) is 1. The Balaban J connectivity index is 1.59. The molecule has 1 heterocycles. The smallest absolute Gasteiger partial charge is 0.311 e. The van der Waals surface area contributed by atoms with E-state index in [9.17, 15) is 9.59 Å². The summed E-state index contributed by atoms with van der Waals surface area (Å²) in [6.45, 7) is 2.76. The summed E-state index contributed by atoms with van der Waals surface area (Å²) in [6.07, 6.45) is 7.60. The summed E-state index contributed by atoms with van der Waals surface area (Å²) in [5, 5.41) is 7.99. The van der Waals surface area contributed by atoms with Crippen molar-refractivity contribution in [2.75, 3.05) is 6.61 Å². The second kappa shape index (κ2) is 9.45. The molecule has 0 radical (unpaired) electrons. The van der Waals surface area contributed by atoms with Gasteiger partial charge in [0.2, 0.25) is 0 Å². The van der Waals surface area contributed by atoms with E-state index < -0.39 is 0 Å². The summed E-state index contributed by atoms with van der Waals surface area (Å²) in [5.74, 6) is -0.561. The number of fused-ring (bicyclic) bond motifs is 1. The second-order valence-electron chi connectivity index (χ2n) is 8.35. The second-order valence-corrected chi connectivity index (χ2v) is 8.35. The summed E-state index contributed by atoms with van der Waals surface area (Å²) < 4.78 is 7.13. The third-order valence-corrected chi connectivity index (χ3v) is 6.29. The molecule has 2 aromatic rings. The molecule has 1 fully saturated rings. The summed E-state index contributed by atoms with van der Waals surface area (Å²) in [4.78, 5) is 25.9. The predicted molar refractivity (Wildman–Crippen MR) is 114 cm³/mol. The number of ether oxygens (including phenoxy) is 1. The molecule has 160 valence electrons. The van der Waals surface area contributed by atoms with Gasteiger partial charge in [-0.25, -0.2) is 0 Å². The highest BCUT2D eigenvalue weighted by Gasteiger charge is 2.35. The molecule has 1 N–H and O–H groups in total. The molecule has 2 aliphatic rings. The fraction of sp³-hybridized carbons (Fsp3) is 0.542. The van der Waals surface area contributed by atoms with Crippen molar-refractivity contribution in [3.8, 4) is 0 Å². The molecule has 0 unspecified atom stereocenters. The minimum atomic E-state index is -0.260. The van der Waals surface area contributed by atoms with Crippen LogP contribution in [0.2, 0.25) is 0 Å². The quantitative estimate of drug-likeness (QED) is 0.739. The number of hydrogen-bond acceptors (Lipinski definition) is 4. The largest absolute Gasteiger partial charge is 0.466 e. The van der Waals surface area contributed by atoms with Gasteiger partial charge in [0.05, 0.1) is 24.8 Å².